The van der Waals surface area contributed by atoms with Gasteiger partial charge in [0.25, 0.3) is 0 Å². The summed E-state index contributed by atoms with van der Waals surface area (Å²) in [4.78, 5) is 0.242. The van der Waals surface area contributed by atoms with Crippen molar-refractivity contribution in [2.45, 2.75) is 48.7 Å². The van der Waals surface area contributed by atoms with Crippen LogP contribution in [0, 0.1) is 5.92 Å². The zero-order chi connectivity index (χ0) is 21.7. The van der Waals surface area contributed by atoms with Crippen molar-refractivity contribution in [2.75, 3.05) is 20.3 Å². The minimum Gasteiger partial charge on any atom is -0.382 e. The molecule has 2 aromatic carbocycles. The van der Waals surface area contributed by atoms with Gasteiger partial charge < -0.3 is 18.9 Å². The normalized spacial score (nSPS) is 33.3. The van der Waals surface area contributed by atoms with Gasteiger partial charge in [-0.3, -0.25) is 0 Å². The Labute approximate surface area is 193 Å². The molecule has 31 heavy (non-hydrogen) atoms. The van der Waals surface area contributed by atoms with Gasteiger partial charge in [0.1, 0.15) is 12.2 Å². The van der Waals surface area contributed by atoms with Crippen LogP contribution in [0.1, 0.15) is 43.1 Å². The Morgan fingerprint density at radius 1 is 0.968 bits per heavy atom. The van der Waals surface area contributed by atoms with Gasteiger partial charge in [0, 0.05) is 24.3 Å². The number of methoxy groups -OCH3 is 1. The van der Waals surface area contributed by atoms with E-state index in [0.717, 1.165) is 17.5 Å². The van der Waals surface area contributed by atoms with Crippen LogP contribution in [0.25, 0.3) is 0 Å². The quantitative estimate of drug-likeness (QED) is 0.285. The zero-order valence-corrected chi connectivity index (χ0v) is 19.7. The molecule has 5 heteroatoms. The molecule has 0 spiro atoms. The molecule has 4 nitrogen and oxygen atoms in total. The molecule has 0 bridgehead atoms. The zero-order valence-electron chi connectivity index (χ0n) is 18.2. The van der Waals surface area contributed by atoms with Crippen molar-refractivity contribution in [2.24, 2.45) is 5.92 Å². The highest BCUT2D eigenvalue weighted by atomic mass is 79.9. The number of halogens is 1. The van der Waals surface area contributed by atoms with Crippen LogP contribution in [0.4, 0.5) is 0 Å². The molecule has 1 fully saturated rings. The molecule has 0 radical (unpaired) electrons. The Balaban J connectivity index is 1.76. The van der Waals surface area contributed by atoms with E-state index in [1.807, 2.05) is 24.3 Å². The highest BCUT2D eigenvalue weighted by molar-refractivity contribution is 9.09. The molecule has 1 aliphatic carbocycles. The molecule has 0 N–H and O–H groups in total. The lowest BCUT2D eigenvalue weighted by Crippen LogP contribution is -2.47. The fraction of sp³-hybridized carbons (Fsp3) is 0.462. The summed E-state index contributed by atoms with van der Waals surface area (Å²) < 4.78 is 25.2. The van der Waals surface area contributed by atoms with Gasteiger partial charge in [-0.25, -0.2) is 0 Å². The molecule has 166 valence electrons. The molecule has 0 saturated carbocycles. The van der Waals surface area contributed by atoms with Crippen LogP contribution in [-0.4, -0.2) is 37.0 Å². The van der Waals surface area contributed by atoms with Crippen molar-refractivity contribution in [3.05, 3.63) is 83.9 Å². The number of benzene rings is 2. The van der Waals surface area contributed by atoms with Crippen LogP contribution in [0.2, 0.25) is 0 Å². The number of hydrogen-bond donors (Lipinski definition) is 0. The van der Waals surface area contributed by atoms with Gasteiger partial charge in [-0.2, -0.15) is 0 Å². The molecule has 0 amide bonds. The van der Waals surface area contributed by atoms with Crippen LogP contribution in [0.3, 0.4) is 0 Å². The maximum atomic E-state index is 6.88. The predicted octanol–water partition coefficient (Wildman–Crippen LogP) is 5.99. The first-order valence-electron chi connectivity index (χ1n) is 11.0. The third-order valence-electron chi connectivity index (χ3n) is 6.04. The van der Waals surface area contributed by atoms with E-state index in [4.69, 9.17) is 18.9 Å². The Morgan fingerprint density at radius 2 is 1.61 bits per heavy atom. The Kier molecular flexibility index (Phi) is 7.62. The Morgan fingerprint density at radius 3 is 2.26 bits per heavy atom. The molecule has 4 rings (SSSR count). The smallest absolute Gasteiger partial charge is 0.167 e. The molecule has 1 saturated heterocycles. The maximum absolute atomic E-state index is 6.88. The van der Waals surface area contributed by atoms with E-state index in [2.05, 4.69) is 71.4 Å². The van der Waals surface area contributed by atoms with Crippen molar-refractivity contribution in [1.82, 2.24) is 0 Å². The summed E-state index contributed by atoms with van der Waals surface area (Å²) >= 11 is 3.89. The van der Waals surface area contributed by atoms with Crippen molar-refractivity contribution in [1.29, 1.82) is 0 Å². The monoisotopic (exact) mass is 486 g/mol. The lowest BCUT2D eigenvalue weighted by Gasteiger charge is -2.46. The van der Waals surface area contributed by atoms with Gasteiger partial charge in [-0.05, 0) is 24.5 Å². The van der Waals surface area contributed by atoms with Gasteiger partial charge in [-0.1, -0.05) is 88.7 Å². The van der Waals surface area contributed by atoms with Crippen molar-refractivity contribution >= 4 is 15.9 Å². The van der Waals surface area contributed by atoms with E-state index < -0.39 is 5.79 Å². The fourth-order valence-electron chi connectivity index (χ4n) is 4.53. The Bertz CT molecular complexity index is 843. The average Bonchev–Trinajstić information content (AvgIpc) is 2.78. The van der Waals surface area contributed by atoms with Crippen LogP contribution in [-0.2, 0) is 18.9 Å². The fourth-order valence-corrected chi connectivity index (χ4v) is 5.26. The predicted molar refractivity (Wildman–Crippen MR) is 125 cm³/mol. The molecular weight excluding hydrogens is 456 g/mol. The first-order valence-corrected chi connectivity index (χ1v) is 11.9. The molecule has 1 heterocycles. The number of ether oxygens (including phenoxy) is 4. The number of alkyl halides is 1. The number of fused-ring (bicyclic) bond motifs is 1. The lowest BCUT2D eigenvalue weighted by molar-refractivity contribution is -0.298. The summed E-state index contributed by atoms with van der Waals surface area (Å²) in [6, 6.07) is 20.7. The highest BCUT2D eigenvalue weighted by Crippen LogP contribution is 2.47. The lowest BCUT2D eigenvalue weighted by atomic mass is 9.85. The first-order chi connectivity index (χ1) is 15.1. The molecule has 6 atom stereocenters. The molecule has 0 unspecified atom stereocenters. The van der Waals surface area contributed by atoms with Crippen LogP contribution in [0.5, 0.6) is 0 Å². The van der Waals surface area contributed by atoms with Gasteiger partial charge in [0.05, 0.1) is 19.3 Å². The van der Waals surface area contributed by atoms with E-state index in [1.165, 1.54) is 0 Å². The second kappa shape index (κ2) is 10.4. The maximum Gasteiger partial charge on any atom is 0.167 e. The highest BCUT2D eigenvalue weighted by Gasteiger charge is 2.45. The topological polar surface area (TPSA) is 36.9 Å². The van der Waals surface area contributed by atoms with Gasteiger partial charge in [0.15, 0.2) is 5.79 Å². The van der Waals surface area contributed by atoms with E-state index in [9.17, 15) is 0 Å². The van der Waals surface area contributed by atoms with Gasteiger partial charge in [-0.15, -0.1) is 0 Å². The summed E-state index contributed by atoms with van der Waals surface area (Å²) in [7, 11) is 1.69. The third kappa shape index (κ3) is 5.47. The van der Waals surface area contributed by atoms with Gasteiger partial charge in [0.2, 0.25) is 0 Å². The summed E-state index contributed by atoms with van der Waals surface area (Å²) in [5, 5.41) is 0. The molecule has 2 aromatic rings. The number of allylic oxidation sites excluding steroid dienone is 1. The second-order valence-electron chi connectivity index (χ2n) is 8.40. The third-order valence-corrected chi connectivity index (χ3v) is 6.93. The molecular formula is C26H31BrO4. The SMILES string of the molecule is COCCO[C@@]1(C)C[C@@H]2C=CC[C@@H](Br)[C@@H]2O[C@H](c2ccccc2)[C@@H](c2ccccc2)O1. The van der Waals surface area contributed by atoms with Crippen molar-refractivity contribution in [3.8, 4) is 0 Å². The van der Waals surface area contributed by atoms with E-state index in [0.29, 0.717) is 19.6 Å². The average molecular weight is 487 g/mol. The van der Waals surface area contributed by atoms with E-state index in [1.54, 1.807) is 7.11 Å². The van der Waals surface area contributed by atoms with E-state index >= 15 is 0 Å². The Hall–Kier alpha value is -1.50. The minimum absolute atomic E-state index is 0.0238. The standard InChI is InChI=1S/C26H31BrO4/c1-26(29-17-16-28-2)18-21-14-9-15-22(27)23(21)30-24(19-10-5-3-6-11-19)25(31-26)20-12-7-4-8-13-20/h3-14,21-25H,15-18H2,1-2H3/t21-,22+,23+,24+,25+,26+/m0/s1. The summed E-state index contributed by atoms with van der Waals surface area (Å²) in [6.45, 7) is 3.05. The van der Waals surface area contributed by atoms with E-state index in [-0.39, 0.29) is 29.1 Å². The molecule has 1 aliphatic heterocycles. The summed E-state index contributed by atoms with van der Waals surface area (Å²) in [6.07, 6.45) is 5.61. The minimum atomic E-state index is -0.771. The first kappa shape index (κ1) is 22.7. The largest absolute Gasteiger partial charge is 0.382 e. The summed E-state index contributed by atoms with van der Waals surface area (Å²) in [5.41, 5.74) is 2.18. The van der Waals surface area contributed by atoms with Crippen LogP contribution >= 0.6 is 15.9 Å². The summed E-state index contributed by atoms with van der Waals surface area (Å²) in [5.74, 6) is -0.582. The van der Waals surface area contributed by atoms with Crippen LogP contribution in [0.15, 0.2) is 72.8 Å². The number of rotatable bonds is 6. The van der Waals surface area contributed by atoms with Crippen molar-refractivity contribution in [3.63, 3.8) is 0 Å². The molecule has 2 aliphatic rings. The van der Waals surface area contributed by atoms with Crippen LogP contribution < -0.4 is 0 Å². The van der Waals surface area contributed by atoms with Crippen molar-refractivity contribution < 1.29 is 18.9 Å². The second-order valence-corrected chi connectivity index (χ2v) is 9.58. The number of hydrogen-bond acceptors (Lipinski definition) is 4. The molecule has 0 aromatic heterocycles. The van der Waals surface area contributed by atoms with Gasteiger partial charge >= 0.3 is 0 Å².